The summed E-state index contributed by atoms with van der Waals surface area (Å²) in [7, 11) is 3.32. The summed E-state index contributed by atoms with van der Waals surface area (Å²) in [5, 5.41) is 3.35. The molecule has 100 valence electrons. The molecular formula is C13H19ClN2O2. The largest absolute Gasteiger partial charge is 0.495 e. The van der Waals surface area contributed by atoms with Gasteiger partial charge in [0.1, 0.15) is 5.75 Å². The third-order valence-electron chi connectivity index (χ3n) is 2.60. The molecule has 1 aromatic rings. The van der Waals surface area contributed by atoms with E-state index in [1.165, 1.54) is 0 Å². The van der Waals surface area contributed by atoms with Gasteiger partial charge in [-0.05, 0) is 24.6 Å². The molecular weight excluding hydrogens is 252 g/mol. The molecule has 0 aliphatic carbocycles. The van der Waals surface area contributed by atoms with E-state index >= 15 is 0 Å². The summed E-state index contributed by atoms with van der Waals surface area (Å²) in [6.45, 7) is 2.82. The van der Waals surface area contributed by atoms with Crippen molar-refractivity contribution in [3.05, 3.63) is 23.2 Å². The normalized spacial score (nSPS) is 10.0. The van der Waals surface area contributed by atoms with Crippen LogP contribution in [0.2, 0.25) is 5.02 Å². The number of anilines is 1. The van der Waals surface area contributed by atoms with E-state index in [1.807, 2.05) is 0 Å². The molecule has 5 heteroatoms. The Morgan fingerprint density at radius 3 is 2.83 bits per heavy atom. The van der Waals surface area contributed by atoms with E-state index in [1.54, 1.807) is 37.3 Å². The predicted molar refractivity (Wildman–Crippen MR) is 74.6 cm³/mol. The number of nitrogens with one attached hydrogen (secondary N) is 1. The SMILES string of the molecule is CCCCN(C)C(=O)Nc1cc(Cl)ccc1OC. The molecule has 0 bridgehead atoms. The van der Waals surface area contributed by atoms with Gasteiger partial charge in [0, 0.05) is 18.6 Å². The Morgan fingerprint density at radius 2 is 2.22 bits per heavy atom. The predicted octanol–water partition coefficient (Wildman–Crippen LogP) is 3.61. The van der Waals surface area contributed by atoms with E-state index in [-0.39, 0.29) is 6.03 Å². The van der Waals surface area contributed by atoms with Gasteiger partial charge in [0.25, 0.3) is 0 Å². The molecule has 0 saturated heterocycles. The van der Waals surface area contributed by atoms with Gasteiger partial charge in [-0.25, -0.2) is 4.79 Å². The molecule has 4 nitrogen and oxygen atoms in total. The van der Waals surface area contributed by atoms with E-state index in [0.717, 1.165) is 19.4 Å². The van der Waals surface area contributed by atoms with E-state index < -0.39 is 0 Å². The van der Waals surface area contributed by atoms with Crippen LogP contribution in [0, 0.1) is 0 Å². The lowest BCUT2D eigenvalue weighted by molar-refractivity contribution is 0.221. The number of halogens is 1. The highest BCUT2D eigenvalue weighted by Gasteiger charge is 2.11. The van der Waals surface area contributed by atoms with Gasteiger partial charge >= 0.3 is 6.03 Å². The minimum Gasteiger partial charge on any atom is -0.495 e. The third kappa shape index (κ3) is 4.11. The van der Waals surface area contributed by atoms with E-state index in [9.17, 15) is 4.79 Å². The molecule has 0 aromatic heterocycles. The van der Waals surface area contributed by atoms with Crippen molar-refractivity contribution in [2.24, 2.45) is 0 Å². The van der Waals surface area contributed by atoms with Gasteiger partial charge in [-0.15, -0.1) is 0 Å². The van der Waals surface area contributed by atoms with E-state index in [0.29, 0.717) is 16.5 Å². The van der Waals surface area contributed by atoms with Crippen molar-refractivity contribution < 1.29 is 9.53 Å². The summed E-state index contributed by atoms with van der Waals surface area (Å²) < 4.78 is 5.17. The second-order valence-electron chi connectivity index (χ2n) is 4.05. The molecule has 2 amide bonds. The van der Waals surface area contributed by atoms with E-state index in [2.05, 4.69) is 12.2 Å². The first-order valence-electron chi connectivity index (χ1n) is 5.94. The second-order valence-corrected chi connectivity index (χ2v) is 4.49. The first-order valence-corrected chi connectivity index (χ1v) is 6.32. The number of rotatable bonds is 5. The number of carbonyl (C=O) groups is 1. The lowest BCUT2D eigenvalue weighted by Crippen LogP contribution is -2.32. The van der Waals surface area contributed by atoms with Crippen molar-refractivity contribution in [2.75, 3.05) is 26.0 Å². The summed E-state index contributed by atoms with van der Waals surface area (Å²) in [6.07, 6.45) is 2.04. The van der Waals surface area contributed by atoms with Crippen molar-refractivity contribution in [1.29, 1.82) is 0 Å². The van der Waals surface area contributed by atoms with E-state index in [4.69, 9.17) is 16.3 Å². The molecule has 0 unspecified atom stereocenters. The molecule has 0 aliphatic heterocycles. The van der Waals surface area contributed by atoms with Crippen molar-refractivity contribution in [2.45, 2.75) is 19.8 Å². The monoisotopic (exact) mass is 270 g/mol. The zero-order valence-electron chi connectivity index (χ0n) is 11.0. The minimum atomic E-state index is -0.163. The number of carbonyl (C=O) groups excluding carboxylic acids is 1. The Bertz CT molecular complexity index is 410. The number of urea groups is 1. The number of hydrogen-bond acceptors (Lipinski definition) is 2. The van der Waals surface area contributed by atoms with Gasteiger partial charge < -0.3 is 15.0 Å². The number of hydrogen-bond donors (Lipinski definition) is 1. The summed E-state index contributed by atoms with van der Waals surface area (Å²) >= 11 is 5.90. The van der Waals surface area contributed by atoms with Crippen molar-refractivity contribution in [3.63, 3.8) is 0 Å². The minimum absolute atomic E-state index is 0.163. The molecule has 1 rings (SSSR count). The maximum Gasteiger partial charge on any atom is 0.321 e. The molecule has 1 aromatic carbocycles. The number of methoxy groups -OCH3 is 1. The first-order chi connectivity index (χ1) is 8.58. The van der Waals surface area contributed by atoms with Crippen LogP contribution in [0.15, 0.2) is 18.2 Å². The highest BCUT2D eigenvalue weighted by Crippen LogP contribution is 2.27. The zero-order chi connectivity index (χ0) is 13.5. The summed E-state index contributed by atoms with van der Waals surface area (Å²) in [6, 6.07) is 4.95. The van der Waals surface area contributed by atoms with Gasteiger partial charge in [0.15, 0.2) is 0 Å². The summed E-state index contributed by atoms with van der Waals surface area (Å²) in [4.78, 5) is 13.6. The van der Waals surface area contributed by atoms with Crippen LogP contribution >= 0.6 is 11.6 Å². The van der Waals surface area contributed by atoms with Crippen LogP contribution in [0.3, 0.4) is 0 Å². The van der Waals surface area contributed by atoms with Crippen molar-refractivity contribution in [1.82, 2.24) is 4.90 Å². The highest BCUT2D eigenvalue weighted by atomic mass is 35.5. The third-order valence-corrected chi connectivity index (χ3v) is 2.83. The lowest BCUT2D eigenvalue weighted by atomic mass is 10.3. The van der Waals surface area contributed by atoms with Gasteiger partial charge in [-0.2, -0.15) is 0 Å². The van der Waals surface area contributed by atoms with Crippen LogP contribution in [-0.2, 0) is 0 Å². The van der Waals surface area contributed by atoms with Crippen LogP contribution in [0.1, 0.15) is 19.8 Å². The number of nitrogens with zero attached hydrogens (tertiary/aromatic N) is 1. The number of ether oxygens (including phenoxy) is 1. The highest BCUT2D eigenvalue weighted by molar-refractivity contribution is 6.31. The Morgan fingerprint density at radius 1 is 1.50 bits per heavy atom. The Balaban J connectivity index is 2.71. The topological polar surface area (TPSA) is 41.6 Å². The fourth-order valence-electron chi connectivity index (χ4n) is 1.49. The summed E-state index contributed by atoms with van der Waals surface area (Å²) in [5.74, 6) is 0.594. The number of unbranched alkanes of at least 4 members (excludes halogenated alkanes) is 1. The van der Waals surface area contributed by atoms with Gasteiger partial charge in [-0.3, -0.25) is 0 Å². The molecule has 0 heterocycles. The maximum atomic E-state index is 11.9. The molecule has 0 spiro atoms. The quantitative estimate of drug-likeness (QED) is 0.888. The van der Waals surface area contributed by atoms with Gasteiger partial charge in [0.05, 0.1) is 12.8 Å². The molecule has 0 fully saturated rings. The van der Waals surface area contributed by atoms with Crippen LogP contribution in [0.25, 0.3) is 0 Å². The number of amides is 2. The lowest BCUT2D eigenvalue weighted by Gasteiger charge is -2.18. The Kier molecular flexibility index (Phi) is 5.78. The standard InChI is InChI=1S/C13H19ClN2O2/c1-4-5-8-16(2)13(17)15-11-9-10(14)6-7-12(11)18-3/h6-7,9H,4-5,8H2,1-3H3,(H,15,17). The number of benzene rings is 1. The van der Waals surface area contributed by atoms with Gasteiger partial charge in [-0.1, -0.05) is 24.9 Å². The Labute approximate surface area is 113 Å². The average Bonchev–Trinajstić information content (AvgIpc) is 2.36. The molecule has 18 heavy (non-hydrogen) atoms. The Hall–Kier alpha value is -1.42. The van der Waals surface area contributed by atoms with Gasteiger partial charge in [0.2, 0.25) is 0 Å². The smallest absolute Gasteiger partial charge is 0.321 e. The fourth-order valence-corrected chi connectivity index (χ4v) is 1.66. The molecule has 1 N–H and O–H groups in total. The second kappa shape index (κ2) is 7.11. The first kappa shape index (κ1) is 14.6. The molecule has 0 atom stereocenters. The zero-order valence-corrected chi connectivity index (χ0v) is 11.8. The van der Waals surface area contributed by atoms with Crippen LogP contribution in [-0.4, -0.2) is 31.6 Å². The van der Waals surface area contributed by atoms with Crippen LogP contribution in [0.4, 0.5) is 10.5 Å². The fraction of sp³-hybridized carbons (Fsp3) is 0.462. The molecule has 0 aliphatic rings. The van der Waals surface area contributed by atoms with Crippen molar-refractivity contribution >= 4 is 23.3 Å². The average molecular weight is 271 g/mol. The molecule has 0 saturated carbocycles. The van der Waals surface area contributed by atoms with Crippen molar-refractivity contribution in [3.8, 4) is 5.75 Å². The summed E-state index contributed by atoms with van der Waals surface area (Å²) in [5.41, 5.74) is 0.582. The van der Waals surface area contributed by atoms with Crippen LogP contribution in [0.5, 0.6) is 5.75 Å². The maximum absolute atomic E-state index is 11.9. The molecule has 0 radical (unpaired) electrons. The van der Waals surface area contributed by atoms with Crippen LogP contribution < -0.4 is 10.1 Å².